The average molecular weight is 159 g/mol. The smallest absolute Gasteiger partial charge is 0.328 e. The van der Waals surface area contributed by atoms with Crippen LogP contribution < -0.4 is 5.25 Å². The van der Waals surface area contributed by atoms with Gasteiger partial charge in [-0.15, -0.1) is 5.25 Å². The molecule has 0 aliphatic heterocycles. The van der Waals surface area contributed by atoms with E-state index in [1.54, 1.807) is 18.2 Å². The number of hydrogen-bond donors (Lipinski definition) is 1. The summed E-state index contributed by atoms with van der Waals surface area (Å²) in [5.41, 5.74) is 0. The Labute approximate surface area is 62.3 Å². The Bertz CT molecular complexity index is 145. The zero-order valence-corrected chi connectivity index (χ0v) is 6.69. The van der Waals surface area contributed by atoms with Gasteiger partial charge in [-0.1, -0.05) is 24.8 Å². The molecule has 0 aromatic carbocycles. The average Bonchev–Trinajstić information content (AvgIpc) is 1.89. The van der Waals surface area contributed by atoms with E-state index in [0.29, 0.717) is 0 Å². The van der Waals surface area contributed by atoms with Crippen molar-refractivity contribution in [3.05, 3.63) is 24.8 Å². The molecule has 0 amide bonds. The first-order valence-corrected chi connectivity index (χ1v) is 3.32. The van der Waals surface area contributed by atoms with E-state index in [9.17, 15) is 4.79 Å². The first-order chi connectivity index (χ1) is 4.81. The number of carbonyl (C=O) groups is 1. The van der Waals surface area contributed by atoms with Gasteiger partial charge in [-0.2, -0.15) is 0 Å². The summed E-state index contributed by atoms with van der Waals surface area (Å²) < 4.78 is 0. The standard InChI is InChI=1S/C6H10NO2P/c1-2-3-4-5-6(8)9-7-10/h2-4,7H,1,5,10H2/b4-3+. The van der Waals surface area contributed by atoms with E-state index in [1.807, 2.05) is 0 Å². The van der Waals surface area contributed by atoms with E-state index in [2.05, 4.69) is 26.1 Å². The summed E-state index contributed by atoms with van der Waals surface area (Å²) in [4.78, 5) is 14.9. The zero-order chi connectivity index (χ0) is 7.82. The first kappa shape index (κ1) is 9.34. The van der Waals surface area contributed by atoms with Crippen LogP contribution in [0.2, 0.25) is 0 Å². The van der Waals surface area contributed by atoms with Crippen molar-refractivity contribution in [2.45, 2.75) is 6.42 Å². The Morgan fingerprint density at radius 3 is 3.00 bits per heavy atom. The molecule has 3 nitrogen and oxygen atoms in total. The van der Waals surface area contributed by atoms with Gasteiger partial charge in [0.1, 0.15) is 0 Å². The van der Waals surface area contributed by atoms with Crippen molar-refractivity contribution in [2.75, 3.05) is 0 Å². The summed E-state index contributed by atoms with van der Waals surface area (Å²) in [6.07, 6.45) is 5.20. The Kier molecular flexibility index (Phi) is 6.03. The minimum absolute atomic E-state index is 0.257. The van der Waals surface area contributed by atoms with Crippen LogP contribution in [0.1, 0.15) is 6.42 Å². The van der Waals surface area contributed by atoms with Crippen molar-refractivity contribution in [2.24, 2.45) is 0 Å². The lowest BCUT2D eigenvalue weighted by Crippen LogP contribution is -2.08. The highest BCUT2D eigenvalue weighted by atomic mass is 31.0. The number of rotatable bonds is 4. The topological polar surface area (TPSA) is 38.3 Å². The SMILES string of the molecule is C=C/C=C/CC(=O)ONP. The lowest BCUT2D eigenvalue weighted by atomic mass is 10.4. The second-order valence-corrected chi connectivity index (χ2v) is 1.70. The highest BCUT2D eigenvalue weighted by Gasteiger charge is 1.94. The molecule has 0 bridgehead atoms. The lowest BCUT2D eigenvalue weighted by molar-refractivity contribution is -0.145. The van der Waals surface area contributed by atoms with E-state index >= 15 is 0 Å². The second-order valence-electron chi connectivity index (χ2n) is 1.46. The summed E-state index contributed by atoms with van der Waals surface area (Å²) in [6, 6.07) is 0. The number of hydrogen-bond acceptors (Lipinski definition) is 3. The highest BCUT2D eigenvalue weighted by Crippen LogP contribution is 1.87. The van der Waals surface area contributed by atoms with Crippen molar-refractivity contribution in [1.29, 1.82) is 0 Å². The van der Waals surface area contributed by atoms with Crippen LogP contribution in [-0.4, -0.2) is 5.97 Å². The van der Waals surface area contributed by atoms with Crippen LogP contribution >= 0.6 is 9.39 Å². The predicted octanol–water partition coefficient (Wildman–Crippen LogP) is 0.957. The molecule has 0 aliphatic carbocycles. The maximum Gasteiger partial charge on any atom is 0.328 e. The molecular weight excluding hydrogens is 149 g/mol. The van der Waals surface area contributed by atoms with Gasteiger partial charge in [0.25, 0.3) is 0 Å². The van der Waals surface area contributed by atoms with Crippen LogP contribution in [0.4, 0.5) is 0 Å². The Hall–Kier alpha value is -0.660. The number of allylic oxidation sites excluding steroid dienone is 2. The summed E-state index contributed by atoms with van der Waals surface area (Å²) in [6.45, 7) is 3.44. The van der Waals surface area contributed by atoms with Crippen LogP contribution in [0.15, 0.2) is 24.8 Å². The van der Waals surface area contributed by atoms with Gasteiger partial charge in [0, 0.05) is 0 Å². The van der Waals surface area contributed by atoms with E-state index in [1.165, 1.54) is 0 Å². The lowest BCUT2D eigenvalue weighted by Gasteiger charge is -1.95. The number of carbonyl (C=O) groups excluding carboxylic acids is 1. The molecule has 10 heavy (non-hydrogen) atoms. The van der Waals surface area contributed by atoms with Crippen LogP contribution in [0.5, 0.6) is 0 Å². The summed E-state index contributed by atoms with van der Waals surface area (Å²) in [5.74, 6) is -0.326. The van der Waals surface area contributed by atoms with E-state index < -0.39 is 0 Å². The third-order valence-electron chi connectivity index (χ3n) is 0.729. The molecule has 0 aromatic rings. The highest BCUT2D eigenvalue weighted by molar-refractivity contribution is 7.13. The quantitative estimate of drug-likeness (QED) is 0.377. The number of nitrogens with one attached hydrogen (secondary N) is 1. The fourth-order valence-electron chi connectivity index (χ4n) is 0.368. The maximum atomic E-state index is 10.5. The molecule has 0 aromatic heterocycles. The van der Waals surface area contributed by atoms with Crippen molar-refractivity contribution >= 4 is 15.4 Å². The van der Waals surface area contributed by atoms with Gasteiger partial charge in [-0.3, -0.25) is 4.79 Å². The van der Waals surface area contributed by atoms with E-state index in [-0.39, 0.29) is 12.4 Å². The van der Waals surface area contributed by atoms with Gasteiger partial charge in [-0.25, -0.2) is 0 Å². The molecule has 4 heteroatoms. The van der Waals surface area contributed by atoms with E-state index in [4.69, 9.17) is 0 Å². The molecule has 0 saturated heterocycles. The largest absolute Gasteiger partial charge is 0.367 e. The fraction of sp³-hybridized carbons (Fsp3) is 0.167. The molecule has 0 saturated carbocycles. The first-order valence-electron chi connectivity index (χ1n) is 2.74. The summed E-state index contributed by atoms with van der Waals surface area (Å²) >= 11 is 0. The van der Waals surface area contributed by atoms with Crippen LogP contribution in [0.25, 0.3) is 0 Å². The van der Waals surface area contributed by atoms with Gasteiger partial charge in [0.15, 0.2) is 0 Å². The third-order valence-corrected chi connectivity index (χ3v) is 0.847. The molecule has 56 valence electrons. The molecule has 0 spiro atoms. The zero-order valence-electron chi connectivity index (χ0n) is 5.54. The van der Waals surface area contributed by atoms with Crippen molar-refractivity contribution < 1.29 is 9.63 Å². The fourth-order valence-corrected chi connectivity index (χ4v) is 0.499. The van der Waals surface area contributed by atoms with Gasteiger partial charge < -0.3 is 4.84 Å². The van der Waals surface area contributed by atoms with Crippen molar-refractivity contribution in [3.8, 4) is 0 Å². The van der Waals surface area contributed by atoms with Gasteiger partial charge in [-0.05, 0) is 9.39 Å². The monoisotopic (exact) mass is 159 g/mol. The molecule has 0 aliphatic rings. The summed E-state index contributed by atoms with van der Waals surface area (Å²) in [5, 5.41) is 2.20. The maximum absolute atomic E-state index is 10.5. The molecule has 1 unspecified atom stereocenters. The Morgan fingerprint density at radius 1 is 1.80 bits per heavy atom. The second kappa shape index (κ2) is 6.46. The van der Waals surface area contributed by atoms with Gasteiger partial charge >= 0.3 is 5.97 Å². The summed E-state index contributed by atoms with van der Waals surface area (Å²) in [7, 11) is 2.06. The minimum Gasteiger partial charge on any atom is -0.367 e. The van der Waals surface area contributed by atoms with Crippen molar-refractivity contribution in [1.82, 2.24) is 5.25 Å². The van der Waals surface area contributed by atoms with Crippen LogP contribution in [0.3, 0.4) is 0 Å². The van der Waals surface area contributed by atoms with Gasteiger partial charge in [0.05, 0.1) is 6.42 Å². The molecule has 1 atom stereocenters. The van der Waals surface area contributed by atoms with E-state index in [0.717, 1.165) is 0 Å². The molecule has 0 radical (unpaired) electrons. The Balaban J connectivity index is 3.38. The molecule has 0 fully saturated rings. The molecular formula is C6H10NO2P. The van der Waals surface area contributed by atoms with Crippen molar-refractivity contribution in [3.63, 3.8) is 0 Å². The molecule has 0 rings (SSSR count). The van der Waals surface area contributed by atoms with Gasteiger partial charge in [0.2, 0.25) is 0 Å². The van der Waals surface area contributed by atoms with Crippen LogP contribution in [-0.2, 0) is 9.63 Å². The minimum atomic E-state index is -0.326. The van der Waals surface area contributed by atoms with Crippen LogP contribution in [0, 0.1) is 0 Å². The predicted molar refractivity (Wildman–Crippen MR) is 42.9 cm³/mol. The Morgan fingerprint density at radius 2 is 2.50 bits per heavy atom. The molecule has 1 N–H and O–H groups in total. The molecule has 0 heterocycles. The third kappa shape index (κ3) is 5.48. The normalized spacial score (nSPS) is 9.70.